The van der Waals surface area contributed by atoms with E-state index in [2.05, 4.69) is 41.5 Å². The molecule has 0 spiro atoms. The molecule has 0 saturated carbocycles. The summed E-state index contributed by atoms with van der Waals surface area (Å²) in [5.41, 5.74) is 0. The fraction of sp³-hybridized carbons (Fsp3) is 0.939. The highest BCUT2D eigenvalue weighted by Gasteiger charge is 2.30. The smallest absolute Gasteiger partial charge is 0.462 e. The number of carbonyl (C=O) groups excluding carboxylic acids is 4. The molecule has 0 radical (unpaired) electrons. The standard InChI is InChI=1S/C66H128O17P2/c1-7-9-11-13-15-22-30-36-42-48-63(68)76-54-61(82-65(70)50-44-38-32-23-16-14-12-10-8-2)56-80-84(72,73)78-52-60(67)53-79-85(74,75)81-57-62(55-77-64(69)49-43-37-31-26-21-20-25-29-35-41-47-59(5)6)83-66(71)51-45-39-33-27-19-17-18-24-28-34-40-46-58(3)4/h58-62,67H,7-57H2,1-6H3,(H,72,73)(H,74,75)/t60-,61+,62+/m0/s1. The van der Waals surface area contributed by atoms with Crippen molar-refractivity contribution in [1.29, 1.82) is 0 Å². The van der Waals surface area contributed by atoms with Crippen LogP contribution < -0.4 is 0 Å². The number of hydrogen-bond donors (Lipinski definition) is 3. The molecule has 0 aromatic carbocycles. The van der Waals surface area contributed by atoms with Gasteiger partial charge in [0.25, 0.3) is 0 Å². The lowest BCUT2D eigenvalue weighted by Crippen LogP contribution is -2.30. The van der Waals surface area contributed by atoms with E-state index >= 15 is 0 Å². The average Bonchev–Trinajstić information content (AvgIpc) is 3.49. The fourth-order valence-corrected chi connectivity index (χ4v) is 11.5. The van der Waals surface area contributed by atoms with Crippen LogP contribution in [-0.4, -0.2) is 96.7 Å². The largest absolute Gasteiger partial charge is 0.472 e. The molecule has 17 nitrogen and oxygen atoms in total. The fourth-order valence-electron chi connectivity index (χ4n) is 9.88. The third kappa shape index (κ3) is 60.7. The molecule has 2 unspecified atom stereocenters. The van der Waals surface area contributed by atoms with Crippen LogP contribution in [0.25, 0.3) is 0 Å². The number of hydrogen-bond acceptors (Lipinski definition) is 15. The van der Waals surface area contributed by atoms with Gasteiger partial charge in [0.05, 0.1) is 26.4 Å². The first kappa shape index (κ1) is 83.1. The first-order valence-electron chi connectivity index (χ1n) is 34.5. The van der Waals surface area contributed by atoms with E-state index in [9.17, 15) is 43.2 Å². The van der Waals surface area contributed by atoms with E-state index in [-0.39, 0.29) is 25.7 Å². The van der Waals surface area contributed by atoms with Gasteiger partial charge in [-0.25, -0.2) is 9.13 Å². The summed E-state index contributed by atoms with van der Waals surface area (Å²) in [7, 11) is -9.89. The van der Waals surface area contributed by atoms with Crippen LogP contribution in [0.4, 0.5) is 0 Å². The van der Waals surface area contributed by atoms with Crippen molar-refractivity contribution in [1.82, 2.24) is 0 Å². The number of aliphatic hydroxyl groups is 1. The van der Waals surface area contributed by atoms with Gasteiger partial charge in [0.1, 0.15) is 19.3 Å². The third-order valence-corrected chi connectivity index (χ3v) is 17.1. The molecule has 0 fully saturated rings. The molecule has 85 heavy (non-hydrogen) atoms. The van der Waals surface area contributed by atoms with Crippen LogP contribution in [0.3, 0.4) is 0 Å². The molecule has 0 aliphatic rings. The molecular formula is C66H128O17P2. The van der Waals surface area contributed by atoms with Gasteiger partial charge in [0, 0.05) is 25.7 Å². The number of phosphoric acid groups is 2. The van der Waals surface area contributed by atoms with Crippen LogP contribution >= 0.6 is 15.6 Å². The molecule has 0 bridgehead atoms. The molecule has 3 N–H and O–H groups in total. The minimum atomic E-state index is -4.95. The lowest BCUT2D eigenvalue weighted by molar-refractivity contribution is -0.161. The Hall–Kier alpha value is -1.94. The molecule has 5 atom stereocenters. The molecule has 0 saturated heterocycles. The van der Waals surface area contributed by atoms with E-state index in [1.807, 2.05) is 0 Å². The van der Waals surface area contributed by atoms with Gasteiger partial charge < -0.3 is 33.8 Å². The first-order valence-corrected chi connectivity index (χ1v) is 37.5. The van der Waals surface area contributed by atoms with Crippen LogP contribution in [0.15, 0.2) is 0 Å². The van der Waals surface area contributed by atoms with E-state index in [4.69, 9.17) is 37.0 Å². The predicted octanol–water partition coefficient (Wildman–Crippen LogP) is 18.4. The van der Waals surface area contributed by atoms with Gasteiger partial charge in [-0.1, -0.05) is 279 Å². The Balaban J connectivity index is 5.23. The van der Waals surface area contributed by atoms with Crippen LogP contribution in [0.2, 0.25) is 0 Å². The molecule has 0 heterocycles. The Morgan fingerprint density at radius 2 is 0.541 bits per heavy atom. The third-order valence-electron chi connectivity index (χ3n) is 15.2. The Bertz CT molecular complexity index is 1670. The van der Waals surface area contributed by atoms with Crippen molar-refractivity contribution in [2.24, 2.45) is 11.8 Å². The van der Waals surface area contributed by atoms with Crippen LogP contribution in [0.5, 0.6) is 0 Å². The average molecular weight is 1260 g/mol. The summed E-state index contributed by atoms with van der Waals surface area (Å²) in [6.07, 6.45) is 41.6. The Morgan fingerprint density at radius 3 is 0.800 bits per heavy atom. The van der Waals surface area contributed by atoms with E-state index in [1.54, 1.807) is 0 Å². The maximum absolute atomic E-state index is 13.0. The van der Waals surface area contributed by atoms with Crippen LogP contribution in [0, 0.1) is 11.8 Å². The Morgan fingerprint density at radius 1 is 0.318 bits per heavy atom. The zero-order valence-corrected chi connectivity index (χ0v) is 56.7. The highest BCUT2D eigenvalue weighted by molar-refractivity contribution is 7.47. The highest BCUT2D eigenvalue weighted by atomic mass is 31.2. The minimum absolute atomic E-state index is 0.106. The number of esters is 4. The minimum Gasteiger partial charge on any atom is -0.462 e. The number of ether oxygens (including phenoxy) is 4. The lowest BCUT2D eigenvalue weighted by atomic mass is 10.0. The SMILES string of the molecule is CCCCCCCCCCCC(=O)OC[C@H](COP(=O)(O)OC[C@H](O)COP(=O)(O)OC[C@@H](COC(=O)CCCCCCCCCCCCC(C)C)OC(=O)CCCCCCCCCCCCCC(C)C)OC(=O)CCCCCCCCCCC. The predicted molar refractivity (Wildman–Crippen MR) is 340 cm³/mol. The summed E-state index contributed by atoms with van der Waals surface area (Å²) in [5, 5.41) is 10.5. The van der Waals surface area contributed by atoms with Crippen molar-refractivity contribution in [2.45, 2.75) is 349 Å². The molecule has 19 heteroatoms. The monoisotopic (exact) mass is 1250 g/mol. The number of aliphatic hydroxyl groups excluding tert-OH is 1. The zero-order valence-electron chi connectivity index (χ0n) is 54.9. The topological polar surface area (TPSA) is 237 Å². The van der Waals surface area contributed by atoms with Crippen molar-refractivity contribution < 1.29 is 80.2 Å². The molecule has 0 aliphatic carbocycles. The van der Waals surface area contributed by atoms with Crippen LogP contribution in [-0.2, 0) is 65.4 Å². The molecule has 0 aromatic rings. The molecule has 0 aromatic heterocycles. The second-order valence-corrected chi connectivity index (χ2v) is 27.7. The van der Waals surface area contributed by atoms with Gasteiger partial charge >= 0.3 is 39.5 Å². The Labute approximate surface area is 517 Å². The van der Waals surface area contributed by atoms with E-state index in [0.29, 0.717) is 25.7 Å². The van der Waals surface area contributed by atoms with E-state index in [1.165, 1.54) is 148 Å². The summed E-state index contributed by atoms with van der Waals surface area (Å²) in [5.74, 6) is -0.608. The van der Waals surface area contributed by atoms with Gasteiger partial charge in [0.15, 0.2) is 12.2 Å². The molecule has 504 valence electrons. The second-order valence-electron chi connectivity index (χ2n) is 24.8. The number of phosphoric ester groups is 2. The van der Waals surface area contributed by atoms with Gasteiger partial charge in [-0.3, -0.25) is 37.3 Å². The summed E-state index contributed by atoms with van der Waals surface area (Å²) in [6.45, 7) is 9.48. The molecular weight excluding hydrogens is 1130 g/mol. The quantitative estimate of drug-likeness (QED) is 0.0222. The second kappa shape index (κ2) is 58.4. The zero-order chi connectivity index (χ0) is 62.9. The normalized spacial score (nSPS) is 14.2. The number of carbonyl (C=O) groups is 4. The van der Waals surface area contributed by atoms with E-state index in [0.717, 1.165) is 102 Å². The lowest BCUT2D eigenvalue weighted by Gasteiger charge is -2.21. The van der Waals surface area contributed by atoms with Crippen molar-refractivity contribution >= 4 is 39.5 Å². The van der Waals surface area contributed by atoms with Gasteiger partial charge in [-0.2, -0.15) is 0 Å². The van der Waals surface area contributed by atoms with Gasteiger partial charge in [0.2, 0.25) is 0 Å². The van der Waals surface area contributed by atoms with Gasteiger partial charge in [-0.05, 0) is 37.5 Å². The summed E-state index contributed by atoms with van der Waals surface area (Å²) >= 11 is 0. The van der Waals surface area contributed by atoms with Crippen molar-refractivity contribution in [3.8, 4) is 0 Å². The van der Waals surface area contributed by atoms with Crippen molar-refractivity contribution in [2.75, 3.05) is 39.6 Å². The number of rotatable bonds is 65. The molecule has 0 rings (SSSR count). The molecule has 0 amide bonds. The summed E-state index contributed by atoms with van der Waals surface area (Å²) in [4.78, 5) is 72.3. The van der Waals surface area contributed by atoms with Crippen molar-refractivity contribution in [3.63, 3.8) is 0 Å². The van der Waals surface area contributed by atoms with Crippen molar-refractivity contribution in [3.05, 3.63) is 0 Å². The van der Waals surface area contributed by atoms with Gasteiger partial charge in [-0.15, -0.1) is 0 Å². The maximum Gasteiger partial charge on any atom is 0.472 e. The summed E-state index contributed by atoms with van der Waals surface area (Å²) in [6, 6.07) is 0. The molecule has 0 aliphatic heterocycles. The highest BCUT2D eigenvalue weighted by Crippen LogP contribution is 2.45. The Kier molecular flexibility index (Phi) is 57.1. The van der Waals surface area contributed by atoms with Crippen LogP contribution in [0.1, 0.15) is 330 Å². The van der Waals surface area contributed by atoms with E-state index < -0.39 is 97.5 Å². The first-order chi connectivity index (χ1) is 40.9. The maximum atomic E-state index is 13.0. The summed E-state index contributed by atoms with van der Waals surface area (Å²) < 4.78 is 68.0. The number of unbranched alkanes of at least 4 members (excludes halogenated alkanes) is 35.